The molecule has 14 heteroatoms. The highest BCUT2D eigenvalue weighted by molar-refractivity contribution is 7.91. The van der Waals surface area contributed by atoms with E-state index in [-0.39, 0.29) is 22.2 Å². The highest BCUT2D eigenvalue weighted by Gasteiger charge is 2.47. The average Bonchev–Trinajstić information content (AvgIpc) is 3.52. The predicted molar refractivity (Wildman–Crippen MR) is 120 cm³/mol. The molecule has 2 heterocycles. The van der Waals surface area contributed by atoms with Crippen molar-refractivity contribution in [1.82, 2.24) is 20.4 Å². The predicted octanol–water partition coefficient (Wildman–Crippen LogP) is 4.94. The summed E-state index contributed by atoms with van der Waals surface area (Å²) in [6, 6.07) is 6.97. The second-order valence-electron chi connectivity index (χ2n) is 8.46. The second-order valence-corrected chi connectivity index (χ2v) is 10.6. The van der Waals surface area contributed by atoms with Gasteiger partial charge in [0.1, 0.15) is 11.3 Å². The molecule has 2 N–H and O–H groups in total. The van der Waals surface area contributed by atoms with Crippen LogP contribution in [0.4, 0.5) is 23.2 Å². The summed E-state index contributed by atoms with van der Waals surface area (Å²) in [5.74, 6) is -1.77. The van der Waals surface area contributed by atoms with Gasteiger partial charge in [-0.1, -0.05) is 6.07 Å². The van der Waals surface area contributed by atoms with Crippen molar-refractivity contribution in [2.45, 2.75) is 43.4 Å². The number of halogens is 4. The molecular formula is C22H20F4N6O3S. The molecule has 4 rings (SSSR count). The fraction of sp³-hybridized carbons (Fsp3) is 0.318. The van der Waals surface area contributed by atoms with Crippen LogP contribution in [0.25, 0.3) is 0 Å². The zero-order valence-electron chi connectivity index (χ0n) is 19.2. The molecule has 1 unspecified atom stereocenters. The zero-order chi connectivity index (χ0) is 26.5. The third kappa shape index (κ3) is 5.12. The van der Waals surface area contributed by atoms with Gasteiger partial charge < -0.3 is 10.1 Å². The Morgan fingerprint density at radius 1 is 1.11 bits per heavy atom. The van der Waals surface area contributed by atoms with Gasteiger partial charge in [0.25, 0.3) is 11.8 Å². The van der Waals surface area contributed by atoms with Gasteiger partial charge in [-0.15, -0.1) is 20.4 Å². The highest BCUT2D eigenvalue weighted by Crippen LogP contribution is 2.49. The van der Waals surface area contributed by atoms with Gasteiger partial charge in [0, 0.05) is 22.4 Å². The van der Waals surface area contributed by atoms with E-state index in [0.717, 1.165) is 6.92 Å². The van der Waals surface area contributed by atoms with Gasteiger partial charge in [-0.25, -0.2) is 13.4 Å². The first kappa shape index (κ1) is 25.4. The summed E-state index contributed by atoms with van der Waals surface area (Å²) >= 11 is 0. The standard InChI is InChI=1S/C22H20F4N6O3S/c1-11-9-15(21(23)7-8-21)29-31-19(11)35-20-16(12(2)17(30-32-20)22(24,25)26)18(33)28-13-5-4-6-14(10-13)36(3,27)34/h4-6,9-10,27H,7-8H2,1-3H3,(H,28,33). The van der Waals surface area contributed by atoms with Gasteiger partial charge in [-0.05, 0) is 56.5 Å². The molecule has 2 aromatic heterocycles. The van der Waals surface area contributed by atoms with Crippen molar-refractivity contribution >= 4 is 21.3 Å². The van der Waals surface area contributed by atoms with Crippen LogP contribution >= 0.6 is 0 Å². The van der Waals surface area contributed by atoms with E-state index in [9.17, 15) is 26.6 Å². The monoisotopic (exact) mass is 524 g/mol. The van der Waals surface area contributed by atoms with Crippen molar-refractivity contribution in [2.24, 2.45) is 0 Å². The Labute approximate surface area is 203 Å². The summed E-state index contributed by atoms with van der Waals surface area (Å²) in [6.07, 6.45) is -3.09. The molecule has 1 amide bonds. The maximum absolute atomic E-state index is 14.3. The molecule has 0 saturated heterocycles. The van der Waals surface area contributed by atoms with Crippen molar-refractivity contribution in [1.29, 1.82) is 4.78 Å². The fourth-order valence-corrected chi connectivity index (χ4v) is 4.06. The lowest BCUT2D eigenvalue weighted by atomic mass is 10.1. The van der Waals surface area contributed by atoms with E-state index in [4.69, 9.17) is 9.52 Å². The number of benzene rings is 1. The SMILES string of the molecule is Cc1cc(C2(F)CC2)nnc1Oc1nnc(C(F)(F)F)c(C)c1C(=O)Nc1cccc(S(C)(=N)=O)c1. The van der Waals surface area contributed by atoms with Crippen molar-refractivity contribution < 1.29 is 31.3 Å². The quantitative estimate of drug-likeness (QED) is 0.437. The van der Waals surface area contributed by atoms with Crippen molar-refractivity contribution in [3.63, 3.8) is 0 Å². The molecule has 36 heavy (non-hydrogen) atoms. The Bertz CT molecular complexity index is 1470. The van der Waals surface area contributed by atoms with Gasteiger partial charge >= 0.3 is 6.18 Å². The molecular weight excluding hydrogens is 504 g/mol. The summed E-state index contributed by atoms with van der Waals surface area (Å²) in [5, 5.41) is 16.7. The Morgan fingerprint density at radius 3 is 2.36 bits per heavy atom. The van der Waals surface area contributed by atoms with E-state index in [1.165, 1.54) is 43.5 Å². The molecule has 1 fully saturated rings. The fourth-order valence-electron chi connectivity index (χ4n) is 3.37. The third-order valence-electron chi connectivity index (χ3n) is 5.50. The van der Waals surface area contributed by atoms with Crippen LogP contribution in [0, 0.1) is 18.6 Å². The summed E-state index contributed by atoms with van der Waals surface area (Å²) in [7, 11) is -3.11. The number of carbonyl (C=O) groups excluding carboxylic acids is 1. The smallest absolute Gasteiger partial charge is 0.416 e. The summed E-state index contributed by atoms with van der Waals surface area (Å²) in [4.78, 5) is 13.3. The second kappa shape index (κ2) is 8.76. The molecule has 9 nitrogen and oxygen atoms in total. The van der Waals surface area contributed by atoms with Crippen LogP contribution in [0.3, 0.4) is 0 Å². The molecule has 1 aliphatic rings. The first-order valence-electron chi connectivity index (χ1n) is 10.5. The Balaban J connectivity index is 1.73. The first-order chi connectivity index (χ1) is 16.7. The molecule has 0 bridgehead atoms. The molecule has 0 aliphatic heterocycles. The molecule has 190 valence electrons. The van der Waals surface area contributed by atoms with Crippen LogP contribution in [0.2, 0.25) is 0 Å². The van der Waals surface area contributed by atoms with Crippen molar-refractivity contribution in [2.75, 3.05) is 11.6 Å². The number of nitrogens with one attached hydrogen (secondary N) is 2. The molecule has 0 spiro atoms. The highest BCUT2D eigenvalue weighted by atomic mass is 32.2. The van der Waals surface area contributed by atoms with Gasteiger partial charge in [-0.3, -0.25) is 4.79 Å². The number of ether oxygens (including phenoxy) is 1. The van der Waals surface area contributed by atoms with Gasteiger partial charge in [0.15, 0.2) is 11.4 Å². The van der Waals surface area contributed by atoms with Gasteiger partial charge in [0.2, 0.25) is 5.88 Å². The minimum Gasteiger partial charge on any atom is -0.416 e. The third-order valence-corrected chi connectivity index (χ3v) is 6.66. The van der Waals surface area contributed by atoms with Crippen molar-refractivity contribution in [3.05, 3.63) is 58.4 Å². The number of amides is 1. The van der Waals surface area contributed by atoms with Crippen molar-refractivity contribution in [3.8, 4) is 11.8 Å². The van der Waals surface area contributed by atoms with Crippen LogP contribution in [-0.2, 0) is 21.6 Å². The van der Waals surface area contributed by atoms with Gasteiger partial charge in [0.05, 0.1) is 9.73 Å². The molecule has 1 aromatic carbocycles. The lowest BCUT2D eigenvalue weighted by Gasteiger charge is -2.16. The van der Waals surface area contributed by atoms with Crippen LogP contribution in [0.5, 0.6) is 11.8 Å². The zero-order valence-corrected chi connectivity index (χ0v) is 20.1. The normalized spacial score (nSPS) is 16.2. The number of hydrogen-bond acceptors (Lipinski definition) is 8. The van der Waals surface area contributed by atoms with Crippen LogP contribution in [0.15, 0.2) is 35.2 Å². The van der Waals surface area contributed by atoms with E-state index >= 15 is 0 Å². The lowest BCUT2D eigenvalue weighted by molar-refractivity contribution is -0.142. The molecule has 3 aromatic rings. The number of nitrogens with zero attached hydrogens (tertiary/aromatic N) is 4. The number of aryl methyl sites for hydroxylation is 1. The summed E-state index contributed by atoms with van der Waals surface area (Å²) in [6.45, 7) is 2.58. The molecule has 1 atom stereocenters. The van der Waals surface area contributed by atoms with Crippen LogP contribution < -0.4 is 10.1 Å². The average molecular weight is 525 g/mol. The largest absolute Gasteiger partial charge is 0.435 e. The van der Waals surface area contributed by atoms with E-state index in [0.29, 0.717) is 18.4 Å². The number of aromatic nitrogens is 4. The summed E-state index contributed by atoms with van der Waals surface area (Å²) < 4.78 is 80.1. The maximum Gasteiger partial charge on any atom is 0.435 e. The minimum absolute atomic E-state index is 0.0908. The number of anilines is 1. The molecule has 1 saturated carbocycles. The topological polar surface area (TPSA) is 131 Å². The van der Waals surface area contributed by atoms with E-state index in [1.807, 2.05) is 0 Å². The number of rotatable bonds is 6. The van der Waals surface area contributed by atoms with Crippen LogP contribution in [0.1, 0.15) is 45.7 Å². The van der Waals surface area contributed by atoms with Crippen LogP contribution in [-0.4, -0.2) is 36.8 Å². The Kier molecular flexibility index (Phi) is 6.19. The van der Waals surface area contributed by atoms with E-state index < -0.39 is 50.2 Å². The number of carbonyl (C=O) groups is 1. The van der Waals surface area contributed by atoms with E-state index in [2.05, 4.69) is 25.7 Å². The maximum atomic E-state index is 14.3. The molecule has 0 radical (unpaired) electrons. The summed E-state index contributed by atoms with van der Waals surface area (Å²) in [5.41, 5.74) is -3.53. The Morgan fingerprint density at radius 2 is 1.78 bits per heavy atom. The van der Waals surface area contributed by atoms with Gasteiger partial charge in [-0.2, -0.15) is 13.2 Å². The molecule has 1 aliphatic carbocycles. The Hall–Kier alpha value is -3.68. The number of hydrogen-bond donors (Lipinski definition) is 2. The minimum atomic E-state index is -4.90. The number of alkyl halides is 4. The lowest BCUT2D eigenvalue weighted by Crippen LogP contribution is -2.21. The van der Waals surface area contributed by atoms with E-state index in [1.54, 1.807) is 0 Å². The first-order valence-corrected chi connectivity index (χ1v) is 12.5.